The molecule has 5 rings (SSSR count). The van der Waals surface area contributed by atoms with E-state index in [1.54, 1.807) is 16.9 Å². The molecule has 1 saturated heterocycles. The third kappa shape index (κ3) is 3.54. The Morgan fingerprint density at radius 3 is 2.43 bits per heavy atom. The van der Waals surface area contributed by atoms with Crippen molar-refractivity contribution in [2.45, 2.75) is 19.8 Å². The number of aromatic nitrogens is 7. The number of aryl methyl sites for hydroxylation is 1. The van der Waals surface area contributed by atoms with E-state index in [1.165, 1.54) is 0 Å². The summed E-state index contributed by atoms with van der Waals surface area (Å²) in [6.07, 6.45) is 9.31. The van der Waals surface area contributed by atoms with Gasteiger partial charge in [-0.2, -0.15) is 4.52 Å². The standard InChI is InChI=1S/C21H23N9/c1-2-16-14-23-21(24-15-16)29-11-3-10-28(12-13-29)19-5-4-18-25-26-20(30(18)27-19)17-6-8-22-9-7-17/h4-9,14-15H,2-3,10-13H2,1H3. The van der Waals surface area contributed by atoms with Crippen LogP contribution in [0, 0.1) is 0 Å². The molecule has 1 fully saturated rings. The van der Waals surface area contributed by atoms with Gasteiger partial charge in [0.1, 0.15) is 5.82 Å². The van der Waals surface area contributed by atoms with E-state index in [-0.39, 0.29) is 0 Å². The highest BCUT2D eigenvalue weighted by molar-refractivity contribution is 5.59. The predicted octanol–water partition coefficient (Wildman–Crippen LogP) is 2.26. The molecular weight excluding hydrogens is 378 g/mol. The zero-order valence-corrected chi connectivity index (χ0v) is 16.9. The monoisotopic (exact) mass is 401 g/mol. The maximum atomic E-state index is 4.84. The van der Waals surface area contributed by atoms with Crippen LogP contribution in [0.5, 0.6) is 0 Å². The highest BCUT2D eigenvalue weighted by atomic mass is 15.4. The van der Waals surface area contributed by atoms with Gasteiger partial charge in [0.05, 0.1) is 0 Å². The van der Waals surface area contributed by atoms with Crippen molar-refractivity contribution in [1.29, 1.82) is 0 Å². The molecule has 0 atom stereocenters. The van der Waals surface area contributed by atoms with Gasteiger partial charge in [-0.3, -0.25) is 4.98 Å². The van der Waals surface area contributed by atoms with E-state index in [4.69, 9.17) is 5.10 Å². The summed E-state index contributed by atoms with van der Waals surface area (Å²) in [5.74, 6) is 2.44. The summed E-state index contributed by atoms with van der Waals surface area (Å²) in [7, 11) is 0. The highest BCUT2D eigenvalue weighted by Gasteiger charge is 2.19. The van der Waals surface area contributed by atoms with Crippen molar-refractivity contribution in [3.63, 3.8) is 0 Å². The third-order valence-electron chi connectivity index (χ3n) is 5.39. The molecule has 0 bridgehead atoms. The molecule has 0 amide bonds. The number of rotatable bonds is 4. The first-order valence-corrected chi connectivity index (χ1v) is 10.3. The van der Waals surface area contributed by atoms with Crippen LogP contribution in [0.3, 0.4) is 0 Å². The van der Waals surface area contributed by atoms with Crippen molar-refractivity contribution in [3.05, 3.63) is 54.6 Å². The Balaban J connectivity index is 1.37. The van der Waals surface area contributed by atoms with Gasteiger partial charge in [-0.25, -0.2) is 9.97 Å². The van der Waals surface area contributed by atoms with Gasteiger partial charge in [-0.15, -0.1) is 15.3 Å². The molecular formula is C21H23N9. The van der Waals surface area contributed by atoms with Crippen molar-refractivity contribution in [3.8, 4) is 11.4 Å². The molecule has 9 nitrogen and oxygen atoms in total. The van der Waals surface area contributed by atoms with Crippen LogP contribution in [0.25, 0.3) is 17.0 Å². The Bertz CT molecular complexity index is 1120. The average Bonchev–Trinajstić information content (AvgIpc) is 3.08. The third-order valence-corrected chi connectivity index (χ3v) is 5.39. The summed E-state index contributed by atoms with van der Waals surface area (Å²) in [5.41, 5.74) is 2.83. The minimum absolute atomic E-state index is 0.718. The second-order valence-corrected chi connectivity index (χ2v) is 7.29. The molecule has 152 valence electrons. The Morgan fingerprint density at radius 1 is 0.867 bits per heavy atom. The average molecular weight is 401 g/mol. The van der Waals surface area contributed by atoms with Gasteiger partial charge >= 0.3 is 0 Å². The Hall–Kier alpha value is -3.62. The smallest absolute Gasteiger partial charge is 0.225 e. The van der Waals surface area contributed by atoms with Gasteiger partial charge in [0, 0.05) is 56.5 Å². The summed E-state index contributed by atoms with van der Waals surface area (Å²) in [6.45, 7) is 5.67. The molecule has 4 aromatic heterocycles. The Labute approximate surface area is 174 Å². The van der Waals surface area contributed by atoms with Gasteiger partial charge in [-0.1, -0.05) is 6.92 Å². The number of fused-ring (bicyclic) bond motifs is 1. The van der Waals surface area contributed by atoms with Crippen molar-refractivity contribution in [2.24, 2.45) is 0 Å². The molecule has 0 radical (unpaired) electrons. The van der Waals surface area contributed by atoms with Crippen molar-refractivity contribution in [1.82, 2.24) is 34.8 Å². The van der Waals surface area contributed by atoms with E-state index >= 15 is 0 Å². The lowest BCUT2D eigenvalue weighted by molar-refractivity contribution is 0.775. The maximum absolute atomic E-state index is 4.84. The Kier molecular flexibility index (Phi) is 4.92. The van der Waals surface area contributed by atoms with Crippen LogP contribution >= 0.6 is 0 Å². The SMILES string of the molecule is CCc1cnc(N2CCCN(c3ccc4nnc(-c5ccncc5)n4n3)CC2)nc1. The largest absolute Gasteiger partial charge is 0.353 e. The molecule has 0 aliphatic carbocycles. The lowest BCUT2D eigenvalue weighted by Gasteiger charge is -2.22. The summed E-state index contributed by atoms with van der Waals surface area (Å²) < 4.78 is 1.81. The van der Waals surface area contributed by atoms with Gasteiger partial charge in [0.2, 0.25) is 5.95 Å². The molecule has 0 unspecified atom stereocenters. The molecule has 9 heteroatoms. The van der Waals surface area contributed by atoms with E-state index in [9.17, 15) is 0 Å². The van der Waals surface area contributed by atoms with Crippen molar-refractivity contribution >= 4 is 17.4 Å². The van der Waals surface area contributed by atoms with E-state index < -0.39 is 0 Å². The molecule has 0 saturated carbocycles. The fourth-order valence-electron chi connectivity index (χ4n) is 3.67. The van der Waals surface area contributed by atoms with Crippen LogP contribution in [-0.2, 0) is 6.42 Å². The number of nitrogens with zero attached hydrogens (tertiary/aromatic N) is 9. The molecule has 0 N–H and O–H groups in total. The van der Waals surface area contributed by atoms with Crippen LogP contribution in [-0.4, -0.2) is 60.9 Å². The predicted molar refractivity (Wildman–Crippen MR) is 114 cm³/mol. The molecule has 1 aliphatic heterocycles. The molecule has 4 aromatic rings. The first-order chi connectivity index (χ1) is 14.8. The van der Waals surface area contributed by atoms with Gasteiger partial charge < -0.3 is 9.80 Å². The summed E-state index contributed by atoms with van der Waals surface area (Å²) >= 11 is 0. The van der Waals surface area contributed by atoms with E-state index in [0.29, 0.717) is 0 Å². The van der Waals surface area contributed by atoms with Gasteiger partial charge in [0.25, 0.3) is 0 Å². The minimum atomic E-state index is 0.718. The summed E-state index contributed by atoms with van der Waals surface area (Å²) in [5, 5.41) is 13.4. The zero-order chi connectivity index (χ0) is 20.3. The lowest BCUT2D eigenvalue weighted by atomic mass is 10.2. The van der Waals surface area contributed by atoms with Crippen LogP contribution < -0.4 is 9.80 Å². The second-order valence-electron chi connectivity index (χ2n) is 7.29. The summed E-state index contributed by atoms with van der Waals surface area (Å²) in [4.78, 5) is 17.7. The number of anilines is 2. The van der Waals surface area contributed by atoms with E-state index in [1.807, 2.05) is 36.7 Å². The first kappa shape index (κ1) is 18.4. The maximum Gasteiger partial charge on any atom is 0.225 e. The number of hydrogen-bond donors (Lipinski definition) is 0. The molecule has 30 heavy (non-hydrogen) atoms. The topological polar surface area (TPSA) is 88.2 Å². The van der Waals surface area contributed by atoms with E-state index in [2.05, 4.69) is 41.9 Å². The van der Waals surface area contributed by atoms with Crippen molar-refractivity contribution in [2.75, 3.05) is 36.0 Å². The zero-order valence-electron chi connectivity index (χ0n) is 16.9. The molecule has 5 heterocycles. The molecule has 1 aliphatic rings. The molecule has 0 spiro atoms. The van der Waals surface area contributed by atoms with Crippen LogP contribution in [0.15, 0.2) is 49.1 Å². The quantitative estimate of drug-likeness (QED) is 0.515. The fourth-order valence-corrected chi connectivity index (χ4v) is 3.67. The van der Waals surface area contributed by atoms with Crippen LogP contribution in [0.1, 0.15) is 18.9 Å². The normalized spacial score (nSPS) is 14.8. The minimum Gasteiger partial charge on any atom is -0.353 e. The van der Waals surface area contributed by atoms with Gasteiger partial charge in [-0.05, 0) is 42.7 Å². The number of hydrogen-bond acceptors (Lipinski definition) is 8. The summed E-state index contributed by atoms with van der Waals surface area (Å²) in [6, 6.07) is 7.81. The van der Waals surface area contributed by atoms with Crippen molar-refractivity contribution < 1.29 is 0 Å². The second kappa shape index (κ2) is 8.02. The Morgan fingerprint density at radius 2 is 1.63 bits per heavy atom. The first-order valence-electron chi connectivity index (χ1n) is 10.3. The van der Waals surface area contributed by atoms with Crippen LogP contribution in [0.2, 0.25) is 0 Å². The number of pyridine rings is 1. The van der Waals surface area contributed by atoms with E-state index in [0.717, 1.165) is 73.4 Å². The van der Waals surface area contributed by atoms with Gasteiger partial charge in [0.15, 0.2) is 11.5 Å². The van der Waals surface area contributed by atoms with Crippen LogP contribution in [0.4, 0.5) is 11.8 Å². The fraction of sp³-hybridized carbons (Fsp3) is 0.333. The lowest BCUT2D eigenvalue weighted by Crippen LogP contribution is -2.32. The molecule has 0 aromatic carbocycles. The highest BCUT2D eigenvalue weighted by Crippen LogP contribution is 2.20.